The van der Waals surface area contributed by atoms with E-state index in [9.17, 15) is 4.79 Å². The maximum absolute atomic E-state index is 12.1. The summed E-state index contributed by atoms with van der Waals surface area (Å²) in [5, 5.41) is 3.17. The molecule has 1 aliphatic carbocycles. The van der Waals surface area contributed by atoms with Gasteiger partial charge >= 0.3 is 6.03 Å². The summed E-state index contributed by atoms with van der Waals surface area (Å²) in [6.07, 6.45) is 4.77. The molecule has 18 heavy (non-hydrogen) atoms. The second kappa shape index (κ2) is 5.47. The number of amides is 2. The Kier molecular flexibility index (Phi) is 4.15. The van der Waals surface area contributed by atoms with Crippen molar-refractivity contribution in [2.45, 2.75) is 58.6 Å². The van der Waals surface area contributed by atoms with E-state index >= 15 is 0 Å². The molecular weight excluding hydrogens is 228 g/mol. The first kappa shape index (κ1) is 13.7. The van der Waals surface area contributed by atoms with Crippen molar-refractivity contribution >= 4 is 6.03 Å². The molecule has 4 nitrogen and oxygen atoms in total. The van der Waals surface area contributed by atoms with Gasteiger partial charge in [0, 0.05) is 31.2 Å². The number of hydrogen-bond donors (Lipinski definition) is 1. The molecule has 2 aliphatic rings. The molecular formula is C14H26N2O2. The first-order valence-electron chi connectivity index (χ1n) is 7.22. The lowest BCUT2D eigenvalue weighted by molar-refractivity contribution is -0.111. The summed E-state index contributed by atoms with van der Waals surface area (Å²) < 4.78 is 5.69. The summed E-state index contributed by atoms with van der Waals surface area (Å²) >= 11 is 0. The van der Waals surface area contributed by atoms with E-state index < -0.39 is 0 Å². The Morgan fingerprint density at radius 3 is 2.56 bits per heavy atom. The highest BCUT2D eigenvalue weighted by Crippen LogP contribution is 2.42. The smallest absolute Gasteiger partial charge is 0.317 e. The van der Waals surface area contributed by atoms with Crippen molar-refractivity contribution in [3.63, 3.8) is 0 Å². The number of nitrogens with one attached hydrogen (secondary N) is 1. The Morgan fingerprint density at radius 2 is 2.00 bits per heavy atom. The Bertz CT molecular complexity index is 298. The standard InChI is InChI=1S/C14H26N2O2/c1-4-18-12-10-11(14(12,2)3)15-13(17)16-8-6-5-7-9-16/h11-12H,4-10H2,1-3H3,(H,15,17). The molecule has 1 saturated heterocycles. The molecule has 0 radical (unpaired) electrons. The molecule has 1 heterocycles. The maximum Gasteiger partial charge on any atom is 0.317 e. The second-order valence-corrected chi connectivity index (χ2v) is 6.05. The van der Waals surface area contributed by atoms with Gasteiger partial charge in [-0.25, -0.2) is 4.79 Å². The molecule has 2 unspecified atom stereocenters. The maximum atomic E-state index is 12.1. The van der Waals surface area contributed by atoms with Crippen LogP contribution in [0.15, 0.2) is 0 Å². The topological polar surface area (TPSA) is 41.6 Å². The van der Waals surface area contributed by atoms with E-state index in [1.165, 1.54) is 6.42 Å². The molecule has 1 N–H and O–H groups in total. The number of nitrogens with zero attached hydrogens (tertiary/aromatic N) is 1. The Balaban J connectivity index is 1.81. The van der Waals surface area contributed by atoms with Gasteiger partial charge < -0.3 is 15.0 Å². The minimum Gasteiger partial charge on any atom is -0.378 e. The van der Waals surface area contributed by atoms with Crippen molar-refractivity contribution in [2.75, 3.05) is 19.7 Å². The number of rotatable bonds is 3. The molecule has 2 rings (SSSR count). The van der Waals surface area contributed by atoms with Crippen molar-refractivity contribution in [1.29, 1.82) is 0 Å². The van der Waals surface area contributed by atoms with E-state index in [4.69, 9.17) is 4.74 Å². The quantitative estimate of drug-likeness (QED) is 0.840. The Hall–Kier alpha value is -0.770. The van der Waals surface area contributed by atoms with Gasteiger partial charge in [-0.1, -0.05) is 13.8 Å². The summed E-state index contributed by atoms with van der Waals surface area (Å²) in [6, 6.07) is 0.367. The van der Waals surface area contributed by atoms with Crippen LogP contribution in [0.4, 0.5) is 4.79 Å². The van der Waals surface area contributed by atoms with Crippen molar-refractivity contribution in [3.8, 4) is 0 Å². The van der Waals surface area contributed by atoms with Gasteiger partial charge in [0.15, 0.2) is 0 Å². The zero-order chi connectivity index (χ0) is 13.2. The van der Waals surface area contributed by atoms with Crippen LogP contribution in [-0.4, -0.2) is 42.8 Å². The Labute approximate surface area is 110 Å². The number of carbonyl (C=O) groups is 1. The molecule has 2 fully saturated rings. The summed E-state index contributed by atoms with van der Waals surface area (Å²) in [5.41, 5.74) is 0.0570. The van der Waals surface area contributed by atoms with Gasteiger partial charge in [0.1, 0.15) is 0 Å². The fraction of sp³-hybridized carbons (Fsp3) is 0.929. The molecule has 0 aromatic heterocycles. The van der Waals surface area contributed by atoms with Crippen molar-refractivity contribution < 1.29 is 9.53 Å². The number of ether oxygens (including phenoxy) is 1. The lowest BCUT2D eigenvalue weighted by Gasteiger charge is -2.52. The van der Waals surface area contributed by atoms with E-state index in [0.29, 0.717) is 0 Å². The lowest BCUT2D eigenvalue weighted by Crippen LogP contribution is -2.63. The van der Waals surface area contributed by atoms with Crippen LogP contribution in [0.2, 0.25) is 0 Å². The van der Waals surface area contributed by atoms with Gasteiger partial charge in [0.2, 0.25) is 0 Å². The molecule has 0 aromatic rings. The molecule has 2 amide bonds. The lowest BCUT2D eigenvalue weighted by atomic mass is 9.64. The van der Waals surface area contributed by atoms with Gasteiger partial charge in [-0.3, -0.25) is 0 Å². The van der Waals surface area contributed by atoms with E-state index in [0.717, 1.165) is 39.0 Å². The number of urea groups is 1. The average Bonchev–Trinajstić information content (AvgIpc) is 2.38. The highest BCUT2D eigenvalue weighted by atomic mass is 16.5. The zero-order valence-electron chi connectivity index (χ0n) is 11.9. The van der Waals surface area contributed by atoms with Crippen LogP contribution in [0.25, 0.3) is 0 Å². The van der Waals surface area contributed by atoms with Crippen LogP contribution in [0.5, 0.6) is 0 Å². The third-order valence-electron chi connectivity index (χ3n) is 4.49. The molecule has 0 spiro atoms. The van der Waals surface area contributed by atoms with Crippen LogP contribution in [-0.2, 0) is 4.74 Å². The molecule has 0 bridgehead atoms. The molecule has 104 valence electrons. The fourth-order valence-electron chi connectivity index (χ4n) is 2.95. The van der Waals surface area contributed by atoms with E-state index in [1.807, 2.05) is 11.8 Å². The average molecular weight is 254 g/mol. The molecule has 0 aromatic carbocycles. The van der Waals surface area contributed by atoms with Gasteiger partial charge in [0.25, 0.3) is 0 Å². The van der Waals surface area contributed by atoms with Gasteiger partial charge in [-0.15, -0.1) is 0 Å². The second-order valence-electron chi connectivity index (χ2n) is 6.05. The van der Waals surface area contributed by atoms with Crippen LogP contribution in [0, 0.1) is 5.41 Å². The van der Waals surface area contributed by atoms with Crippen LogP contribution in [0.3, 0.4) is 0 Å². The highest BCUT2D eigenvalue weighted by molar-refractivity contribution is 5.74. The van der Waals surface area contributed by atoms with E-state index in [2.05, 4.69) is 19.2 Å². The third kappa shape index (κ3) is 2.63. The van der Waals surface area contributed by atoms with Crippen molar-refractivity contribution in [1.82, 2.24) is 10.2 Å². The van der Waals surface area contributed by atoms with Crippen LogP contribution in [0.1, 0.15) is 46.5 Å². The van der Waals surface area contributed by atoms with Crippen molar-refractivity contribution in [2.24, 2.45) is 5.41 Å². The van der Waals surface area contributed by atoms with Crippen LogP contribution < -0.4 is 5.32 Å². The summed E-state index contributed by atoms with van der Waals surface area (Å²) in [6.45, 7) is 8.95. The SMILES string of the molecule is CCOC1CC(NC(=O)N2CCCCC2)C1(C)C. The highest BCUT2D eigenvalue weighted by Gasteiger charge is 2.49. The summed E-state index contributed by atoms with van der Waals surface area (Å²) in [5.74, 6) is 0. The predicted molar refractivity (Wildman–Crippen MR) is 71.6 cm³/mol. The van der Waals surface area contributed by atoms with Crippen LogP contribution >= 0.6 is 0 Å². The number of likely N-dealkylation sites (tertiary alicyclic amines) is 1. The largest absolute Gasteiger partial charge is 0.378 e. The van der Waals surface area contributed by atoms with Crippen molar-refractivity contribution in [3.05, 3.63) is 0 Å². The molecule has 4 heteroatoms. The minimum absolute atomic E-state index is 0.0570. The Morgan fingerprint density at radius 1 is 1.33 bits per heavy atom. The first-order valence-corrected chi connectivity index (χ1v) is 7.22. The van der Waals surface area contributed by atoms with E-state index in [1.54, 1.807) is 0 Å². The fourth-order valence-corrected chi connectivity index (χ4v) is 2.95. The number of piperidine rings is 1. The summed E-state index contributed by atoms with van der Waals surface area (Å²) in [7, 11) is 0. The normalized spacial score (nSPS) is 30.7. The van der Waals surface area contributed by atoms with Gasteiger partial charge in [-0.05, 0) is 32.6 Å². The molecule has 1 aliphatic heterocycles. The monoisotopic (exact) mass is 254 g/mol. The minimum atomic E-state index is 0.0570. The molecule has 2 atom stereocenters. The first-order chi connectivity index (χ1) is 8.55. The zero-order valence-corrected chi connectivity index (χ0v) is 11.9. The third-order valence-corrected chi connectivity index (χ3v) is 4.49. The number of hydrogen-bond acceptors (Lipinski definition) is 2. The summed E-state index contributed by atoms with van der Waals surface area (Å²) in [4.78, 5) is 14.1. The number of carbonyl (C=O) groups excluding carboxylic acids is 1. The van der Waals surface area contributed by atoms with Gasteiger partial charge in [0.05, 0.1) is 6.10 Å². The predicted octanol–water partition coefficient (Wildman–Crippen LogP) is 2.39. The van der Waals surface area contributed by atoms with E-state index in [-0.39, 0.29) is 23.6 Å². The molecule has 1 saturated carbocycles. The van der Waals surface area contributed by atoms with Gasteiger partial charge in [-0.2, -0.15) is 0 Å².